The summed E-state index contributed by atoms with van der Waals surface area (Å²) >= 11 is 0. The highest BCUT2D eigenvalue weighted by Crippen LogP contribution is 2.26. The number of imidazole rings is 1. The molecular weight excluding hydrogens is 461 g/mol. The maximum Gasteiger partial charge on any atom is 0.246 e. The highest BCUT2D eigenvalue weighted by molar-refractivity contribution is 5.94. The van der Waals surface area contributed by atoms with Crippen molar-refractivity contribution in [3.63, 3.8) is 0 Å². The number of halogens is 1. The number of carbonyl (C=O) groups is 2. The van der Waals surface area contributed by atoms with Crippen LogP contribution < -0.4 is 10.1 Å². The quantitative estimate of drug-likeness (QED) is 0.434. The third-order valence-electron chi connectivity index (χ3n) is 5.53. The number of methoxy groups -OCH3 is 1. The molecule has 192 valence electrons. The lowest BCUT2D eigenvalue weighted by molar-refractivity contribution is -0.135. The zero-order valence-corrected chi connectivity index (χ0v) is 21.5. The number of nitrogens with zero attached hydrogens (tertiary/aromatic N) is 4. The van der Waals surface area contributed by atoms with E-state index in [9.17, 15) is 14.0 Å². The van der Waals surface area contributed by atoms with Crippen LogP contribution in [0.25, 0.3) is 16.9 Å². The third-order valence-corrected chi connectivity index (χ3v) is 5.53. The van der Waals surface area contributed by atoms with Crippen LogP contribution in [0.2, 0.25) is 0 Å². The van der Waals surface area contributed by atoms with Gasteiger partial charge in [-0.05, 0) is 68.5 Å². The Bertz CT molecular complexity index is 1160. The van der Waals surface area contributed by atoms with Gasteiger partial charge >= 0.3 is 0 Å². The number of amides is 2. The van der Waals surface area contributed by atoms with E-state index < -0.39 is 0 Å². The molecule has 3 rings (SSSR count). The van der Waals surface area contributed by atoms with Crippen LogP contribution in [0, 0.1) is 11.7 Å². The molecule has 0 atom stereocenters. The van der Waals surface area contributed by atoms with Gasteiger partial charge in [0.05, 0.1) is 19.3 Å². The van der Waals surface area contributed by atoms with Gasteiger partial charge in [0.2, 0.25) is 17.8 Å². The summed E-state index contributed by atoms with van der Waals surface area (Å²) in [6.07, 6.45) is 2.14. The van der Waals surface area contributed by atoms with Crippen molar-refractivity contribution in [1.82, 2.24) is 19.4 Å². The Morgan fingerprint density at radius 3 is 2.31 bits per heavy atom. The van der Waals surface area contributed by atoms with E-state index in [0.29, 0.717) is 36.6 Å². The number of carbonyl (C=O) groups excluding carboxylic acids is 2. The minimum atomic E-state index is -0.361. The maximum atomic E-state index is 13.5. The Balaban J connectivity index is 1.87. The third kappa shape index (κ3) is 7.39. The van der Waals surface area contributed by atoms with Crippen molar-refractivity contribution in [1.29, 1.82) is 0 Å². The Hall–Kier alpha value is -3.72. The van der Waals surface area contributed by atoms with E-state index in [-0.39, 0.29) is 36.0 Å². The van der Waals surface area contributed by atoms with Gasteiger partial charge in [-0.3, -0.25) is 19.5 Å². The van der Waals surface area contributed by atoms with Gasteiger partial charge in [-0.25, -0.2) is 9.37 Å². The molecule has 0 saturated heterocycles. The molecule has 2 amide bonds. The van der Waals surface area contributed by atoms with Crippen molar-refractivity contribution in [2.45, 2.75) is 20.3 Å². The summed E-state index contributed by atoms with van der Waals surface area (Å²) in [7, 11) is 5.44. The molecule has 8 nitrogen and oxygen atoms in total. The van der Waals surface area contributed by atoms with Crippen LogP contribution in [-0.2, 0) is 9.59 Å². The SMILES string of the molecule is COc1ccc(-c2cn(-c3ccc(F)cc3)c(NC(=O)CN(CCN(C)C)C(=O)CC(C)C)n2)cc1. The summed E-state index contributed by atoms with van der Waals surface area (Å²) in [6, 6.07) is 13.3. The highest BCUT2D eigenvalue weighted by atomic mass is 19.1. The largest absolute Gasteiger partial charge is 0.497 e. The fourth-order valence-corrected chi connectivity index (χ4v) is 3.60. The number of hydrogen-bond acceptors (Lipinski definition) is 5. The highest BCUT2D eigenvalue weighted by Gasteiger charge is 2.20. The van der Waals surface area contributed by atoms with Crippen LogP contribution in [0.1, 0.15) is 20.3 Å². The lowest BCUT2D eigenvalue weighted by Gasteiger charge is -2.24. The van der Waals surface area contributed by atoms with E-state index >= 15 is 0 Å². The lowest BCUT2D eigenvalue weighted by atomic mass is 10.1. The molecule has 36 heavy (non-hydrogen) atoms. The Morgan fingerprint density at radius 2 is 1.72 bits per heavy atom. The maximum absolute atomic E-state index is 13.5. The average Bonchev–Trinajstić information content (AvgIpc) is 3.25. The number of rotatable bonds is 11. The summed E-state index contributed by atoms with van der Waals surface area (Å²) in [6.45, 7) is 4.94. The zero-order valence-electron chi connectivity index (χ0n) is 21.5. The monoisotopic (exact) mass is 495 g/mol. The number of benzene rings is 2. The van der Waals surface area contributed by atoms with Crippen LogP contribution >= 0.6 is 0 Å². The molecule has 0 aliphatic heterocycles. The average molecular weight is 496 g/mol. The fraction of sp³-hybridized carbons (Fsp3) is 0.370. The Kier molecular flexibility index (Phi) is 9.19. The fourth-order valence-electron chi connectivity index (χ4n) is 3.60. The van der Waals surface area contributed by atoms with E-state index in [4.69, 9.17) is 4.74 Å². The molecule has 1 aromatic heterocycles. The number of aromatic nitrogens is 2. The summed E-state index contributed by atoms with van der Waals surface area (Å²) < 4.78 is 20.5. The topological polar surface area (TPSA) is 79.7 Å². The normalized spacial score (nSPS) is 11.1. The molecule has 0 unspecified atom stereocenters. The summed E-state index contributed by atoms with van der Waals surface area (Å²) in [5.41, 5.74) is 2.09. The first kappa shape index (κ1) is 26.9. The first-order valence-corrected chi connectivity index (χ1v) is 11.9. The van der Waals surface area contributed by atoms with Gasteiger partial charge in [-0.2, -0.15) is 0 Å². The van der Waals surface area contributed by atoms with Gasteiger partial charge in [-0.15, -0.1) is 0 Å². The van der Waals surface area contributed by atoms with Crippen molar-refractivity contribution in [3.05, 3.63) is 60.5 Å². The zero-order chi connectivity index (χ0) is 26.2. The van der Waals surface area contributed by atoms with Crippen LogP contribution in [0.3, 0.4) is 0 Å². The first-order chi connectivity index (χ1) is 17.2. The molecule has 0 aliphatic rings. The number of likely N-dealkylation sites (N-methyl/N-ethyl adjacent to an activating group) is 1. The molecule has 1 heterocycles. The van der Waals surface area contributed by atoms with Crippen LogP contribution in [0.5, 0.6) is 5.75 Å². The predicted molar refractivity (Wildman–Crippen MR) is 139 cm³/mol. The van der Waals surface area contributed by atoms with Gasteiger partial charge in [0.15, 0.2) is 0 Å². The molecule has 0 radical (unpaired) electrons. The second-order valence-corrected chi connectivity index (χ2v) is 9.29. The first-order valence-electron chi connectivity index (χ1n) is 11.9. The molecule has 0 fully saturated rings. The van der Waals surface area contributed by atoms with Crippen molar-refractivity contribution in [2.75, 3.05) is 46.2 Å². The van der Waals surface area contributed by atoms with Gasteiger partial charge in [0.25, 0.3) is 0 Å². The van der Waals surface area contributed by atoms with Crippen molar-refractivity contribution >= 4 is 17.8 Å². The molecule has 0 saturated carbocycles. The molecule has 2 aromatic carbocycles. The number of anilines is 1. The van der Waals surface area contributed by atoms with Gasteiger partial charge < -0.3 is 14.5 Å². The van der Waals surface area contributed by atoms with E-state index in [2.05, 4.69) is 10.3 Å². The van der Waals surface area contributed by atoms with Crippen molar-refractivity contribution in [2.24, 2.45) is 5.92 Å². The second-order valence-electron chi connectivity index (χ2n) is 9.29. The van der Waals surface area contributed by atoms with Crippen LogP contribution in [-0.4, -0.2) is 72.0 Å². The number of ether oxygens (including phenoxy) is 1. The van der Waals surface area contributed by atoms with E-state index in [0.717, 1.165) is 5.56 Å². The standard InChI is InChI=1S/C27H34FN5O3/c1-19(2)16-26(35)32(15-14-31(3)4)18-25(34)30-27-29-24(20-6-12-23(36-5)13-7-20)17-33(27)22-10-8-21(28)9-11-22/h6-13,17,19H,14-16,18H2,1-5H3,(H,29,30,34). The minimum absolute atomic E-state index is 0.0669. The summed E-state index contributed by atoms with van der Waals surface area (Å²) in [4.78, 5) is 34.0. The number of hydrogen-bond donors (Lipinski definition) is 1. The van der Waals surface area contributed by atoms with Crippen LogP contribution in [0.15, 0.2) is 54.7 Å². The lowest BCUT2D eigenvalue weighted by Crippen LogP contribution is -2.42. The predicted octanol–water partition coefficient (Wildman–Crippen LogP) is 4.06. The minimum Gasteiger partial charge on any atom is -0.497 e. The Labute approximate surface area is 211 Å². The molecule has 3 aromatic rings. The second kappa shape index (κ2) is 12.3. The van der Waals surface area contributed by atoms with Gasteiger partial charge in [0.1, 0.15) is 11.6 Å². The number of nitrogens with one attached hydrogen (secondary N) is 1. The van der Waals surface area contributed by atoms with Gasteiger partial charge in [-0.1, -0.05) is 13.8 Å². The summed E-state index contributed by atoms with van der Waals surface area (Å²) in [5, 5.41) is 2.85. The van der Waals surface area contributed by atoms with Crippen molar-refractivity contribution in [3.8, 4) is 22.7 Å². The molecule has 1 N–H and O–H groups in total. The van der Waals surface area contributed by atoms with Crippen molar-refractivity contribution < 1.29 is 18.7 Å². The Morgan fingerprint density at radius 1 is 1.06 bits per heavy atom. The van der Waals surface area contributed by atoms with E-state index in [1.54, 1.807) is 34.9 Å². The molecular formula is C27H34FN5O3. The molecule has 9 heteroatoms. The van der Waals surface area contributed by atoms with E-state index in [1.165, 1.54) is 12.1 Å². The smallest absolute Gasteiger partial charge is 0.246 e. The molecule has 0 aliphatic carbocycles. The van der Waals surface area contributed by atoms with Gasteiger partial charge in [0, 0.05) is 37.0 Å². The molecule has 0 bridgehead atoms. The summed E-state index contributed by atoms with van der Waals surface area (Å²) in [5.74, 6) is 0.395. The molecule has 0 spiro atoms. The van der Waals surface area contributed by atoms with Crippen LogP contribution in [0.4, 0.5) is 10.3 Å². The van der Waals surface area contributed by atoms with E-state index in [1.807, 2.05) is 57.1 Å².